The molecule has 0 bridgehead atoms. The highest BCUT2D eigenvalue weighted by molar-refractivity contribution is 4.81. The number of ether oxygens (including phenoxy) is 1. The Bertz CT molecular complexity index is 228. The second kappa shape index (κ2) is 4.56. The number of hydrogen-bond acceptors (Lipinski definition) is 2. The molecule has 0 fully saturated rings. The average molecular weight is 276 g/mol. The van der Waals surface area contributed by atoms with Gasteiger partial charge in [-0.25, -0.2) is 8.78 Å². The van der Waals surface area contributed by atoms with Crippen LogP contribution >= 0.6 is 0 Å². The summed E-state index contributed by atoms with van der Waals surface area (Å²) in [5.74, 6) is -14.5. The van der Waals surface area contributed by atoms with Gasteiger partial charge in [0.1, 0.15) is 13.2 Å². The Labute approximate surface area is 90.2 Å². The lowest BCUT2D eigenvalue weighted by molar-refractivity contribution is -0.340. The fraction of sp³-hybridized carbons (Fsp3) is 1.00. The SMILES string of the molecule is CC(F)(F)C(F)(F)COCC(F)(F)C(O)(F)F. The molecule has 0 atom stereocenters. The number of hydrogen-bond donors (Lipinski definition) is 1. The molecule has 0 aromatic heterocycles. The largest absolute Gasteiger partial charge is 0.419 e. The first-order chi connectivity index (χ1) is 7.21. The average Bonchev–Trinajstić information content (AvgIpc) is 1.98. The first-order valence-corrected chi connectivity index (χ1v) is 4.02. The van der Waals surface area contributed by atoms with E-state index in [1.54, 1.807) is 0 Å². The molecule has 0 aromatic carbocycles. The van der Waals surface area contributed by atoms with Gasteiger partial charge < -0.3 is 9.84 Å². The van der Waals surface area contributed by atoms with E-state index in [0.29, 0.717) is 0 Å². The normalized spacial score (nSPS) is 15.2. The third-order valence-corrected chi connectivity index (χ3v) is 1.65. The van der Waals surface area contributed by atoms with Crippen LogP contribution in [0.5, 0.6) is 0 Å². The predicted molar refractivity (Wildman–Crippen MR) is 38.5 cm³/mol. The van der Waals surface area contributed by atoms with Crippen molar-refractivity contribution >= 4 is 0 Å². The van der Waals surface area contributed by atoms with Gasteiger partial charge in [-0.15, -0.1) is 0 Å². The van der Waals surface area contributed by atoms with Gasteiger partial charge in [0.15, 0.2) is 0 Å². The van der Waals surface area contributed by atoms with E-state index >= 15 is 0 Å². The highest BCUT2D eigenvalue weighted by Crippen LogP contribution is 2.35. The van der Waals surface area contributed by atoms with E-state index in [1.807, 2.05) is 0 Å². The number of rotatable bonds is 6. The highest BCUT2D eigenvalue weighted by atomic mass is 19.3. The summed E-state index contributed by atoms with van der Waals surface area (Å²) in [5.41, 5.74) is 0. The zero-order valence-corrected chi connectivity index (χ0v) is 8.29. The maximum absolute atomic E-state index is 12.4. The third-order valence-electron chi connectivity index (χ3n) is 1.65. The molecule has 1 N–H and O–H groups in total. The summed E-state index contributed by atoms with van der Waals surface area (Å²) in [5, 5.41) is 7.64. The molecule has 104 valence electrons. The van der Waals surface area contributed by atoms with Crippen molar-refractivity contribution in [2.75, 3.05) is 13.2 Å². The Morgan fingerprint density at radius 3 is 1.47 bits per heavy atom. The summed E-state index contributed by atoms with van der Waals surface area (Å²) >= 11 is 0. The van der Waals surface area contributed by atoms with Gasteiger partial charge in [0.25, 0.3) is 0 Å². The smallest absolute Gasteiger partial charge is 0.368 e. The van der Waals surface area contributed by atoms with Gasteiger partial charge in [-0.3, -0.25) is 0 Å². The maximum Gasteiger partial charge on any atom is 0.419 e. The molecule has 0 radical (unpaired) electrons. The van der Waals surface area contributed by atoms with Crippen molar-refractivity contribution < 1.29 is 45.0 Å². The second-order valence-corrected chi connectivity index (χ2v) is 3.33. The second-order valence-electron chi connectivity index (χ2n) is 3.33. The molecule has 10 heteroatoms. The van der Waals surface area contributed by atoms with Crippen molar-refractivity contribution in [3.05, 3.63) is 0 Å². The van der Waals surface area contributed by atoms with Crippen LogP contribution < -0.4 is 0 Å². The van der Waals surface area contributed by atoms with E-state index in [9.17, 15) is 35.1 Å². The van der Waals surface area contributed by atoms with E-state index in [2.05, 4.69) is 4.74 Å². The van der Waals surface area contributed by atoms with Gasteiger partial charge in [-0.2, -0.15) is 26.3 Å². The summed E-state index contributed by atoms with van der Waals surface area (Å²) in [6.07, 6.45) is -5.49. The lowest BCUT2D eigenvalue weighted by Crippen LogP contribution is -2.47. The Morgan fingerprint density at radius 1 is 0.824 bits per heavy atom. The zero-order chi connectivity index (χ0) is 14.1. The minimum atomic E-state index is -5.49. The fourth-order valence-electron chi connectivity index (χ4n) is 0.521. The van der Waals surface area contributed by atoms with Crippen LogP contribution in [0.2, 0.25) is 0 Å². The van der Waals surface area contributed by atoms with Crippen LogP contribution in [0.15, 0.2) is 0 Å². The molecule has 0 aromatic rings. The molecule has 0 spiro atoms. The van der Waals surface area contributed by atoms with Gasteiger partial charge in [-0.1, -0.05) is 0 Å². The number of aliphatic hydroxyl groups is 1. The Kier molecular flexibility index (Phi) is 4.39. The molecule has 0 saturated heterocycles. The van der Waals surface area contributed by atoms with Gasteiger partial charge in [0, 0.05) is 6.92 Å². The summed E-state index contributed by atoms with van der Waals surface area (Å²) in [4.78, 5) is 0. The summed E-state index contributed by atoms with van der Waals surface area (Å²) in [7, 11) is 0. The van der Waals surface area contributed by atoms with Gasteiger partial charge in [-0.05, 0) is 0 Å². The predicted octanol–water partition coefficient (Wildman–Crippen LogP) is 2.51. The van der Waals surface area contributed by atoms with E-state index in [4.69, 9.17) is 5.11 Å². The van der Waals surface area contributed by atoms with Gasteiger partial charge >= 0.3 is 23.9 Å². The molecule has 0 aliphatic carbocycles. The van der Waals surface area contributed by atoms with E-state index < -0.39 is 37.1 Å². The Hall–Kier alpha value is -0.640. The van der Waals surface area contributed by atoms with Crippen LogP contribution in [-0.4, -0.2) is 42.2 Å². The molecule has 0 aliphatic heterocycles. The van der Waals surface area contributed by atoms with Crippen molar-refractivity contribution in [3.8, 4) is 0 Å². The quantitative estimate of drug-likeness (QED) is 0.755. The molecule has 17 heavy (non-hydrogen) atoms. The molecule has 0 saturated carbocycles. The molecule has 2 nitrogen and oxygen atoms in total. The Morgan fingerprint density at radius 2 is 1.18 bits per heavy atom. The van der Waals surface area contributed by atoms with Crippen LogP contribution in [0.25, 0.3) is 0 Å². The monoisotopic (exact) mass is 276 g/mol. The first-order valence-electron chi connectivity index (χ1n) is 4.02. The van der Waals surface area contributed by atoms with Crippen molar-refractivity contribution in [2.45, 2.75) is 30.8 Å². The summed E-state index contributed by atoms with van der Waals surface area (Å²) in [6.45, 7) is -4.68. The summed E-state index contributed by atoms with van der Waals surface area (Å²) < 4.78 is 101. The molecular weight excluding hydrogens is 268 g/mol. The minimum absolute atomic E-state index is 0.185. The van der Waals surface area contributed by atoms with Crippen LogP contribution in [0, 0.1) is 0 Å². The van der Waals surface area contributed by atoms with Crippen LogP contribution in [-0.2, 0) is 4.74 Å². The maximum atomic E-state index is 12.4. The van der Waals surface area contributed by atoms with Crippen molar-refractivity contribution in [2.24, 2.45) is 0 Å². The molecule has 0 rings (SSSR count). The lowest BCUT2D eigenvalue weighted by atomic mass is 10.2. The van der Waals surface area contributed by atoms with Crippen molar-refractivity contribution in [1.29, 1.82) is 0 Å². The molecule has 0 aliphatic rings. The van der Waals surface area contributed by atoms with Gasteiger partial charge in [0.05, 0.1) is 0 Å². The van der Waals surface area contributed by atoms with E-state index in [0.717, 1.165) is 0 Å². The van der Waals surface area contributed by atoms with Gasteiger partial charge in [0.2, 0.25) is 0 Å². The van der Waals surface area contributed by atoms with E-state index in [1.165, 1.54) is 0 Å². The third kappa shape index (κ3) is 4.26. The summed E-state index contributed by atoms with van der Waals surface area (Å²) in [6, 6.07) is 0. The highest BCUT2D eigenvalue weighted by Gasteiger charge is 2.57. The van der Waals surface area contributed by atoms with E-state index in [-0.39, 0.29) is 6.92 Å². The fourth-order valence-corrected chi connectivity index (χ4v) is 0.521. The van der Waals surface area contributed by atoms with Crippen LogP contribution in [0.3, 0.4) is 0 Å². The number of alkyl halides is 8. The Balaban J connectivity index is 4.36. The minimum Gasteiger partial charge on any atom is -0.368 e. The first kappa shape index (κ1) is 16.4. The lowest BCUT2D eigenvalue weighted by Gasteiger charge is -2.25. The van der Waals surface area contributed by atoms with Crippen molar-refractivity contribution in [1.82, 2.24) is 0 Å². The molecule has 0 amide bonds. The number of halogens is 8. The topological polar surface area (TPSA) is 29.5 Å². The molecular formula is C7H8F8O2. The molecule has 0 unspecified atom stereocenters. The van der Waals surface area contributed by atoms with Crippen molar-refractivity contribution in [3.63, 3.8) is 0 Å². The van der Waals surface area contributed by atoms with Crippen LogP contribution in [0.4, 0.5) is 35.1 Å². The standard InChI is InChI=1S/C7H8F8O2/c1-4(8,9)5(10,11)2-17-3-6(12,13)7(14,15)16/h16H,2-3H2,1H3. The van der Waals surface area contributed by atoms with Crippen LogP contribution in [0.1, 0.15) is 6.92 Å². The zero-order valence-electron chi connectivity index (χ0n) is 8.29. The molecule has 0 heterocycles.